The van der Waals surface area contributed by atoms with Crippen molar-refractivity contribution >= 4 is 5.78 Å². The molecule has 2 nitrogen and oxygen atoms in total. The highest BCUT2D eigenvalue weighted by Gasteiger charge is 2.60. The Morgan fingerprint density at radius 2 is 1.62 bits per heavy atom. The molecule has 0 aromatic carbocycles. The molecule has 0 radical (unpaired) electrons. The van der Waals surface area contributed by atoms with Crippen molar-refractivity contribution in [1.82, 2.24) is 5.32 Å². The molecule has 4 rings (SSSR count). The predicted octanol–water partition coefficient (Wildman–Crippen LogP) is 4.82. The van der Waals surface area contributed by atoms with Gasteiger partial charge in [0.25, 0.3) is 0 Å². The summed E-state index contributed by atoms with van der Waals surface area (Å²) in [6, 6.07) is 0.752. The number of Topliss-reactive ketones (excluding diaryl/α,β-unsaturated/α-hetero) is 1. The zero-order valence-electron chi connectivity index (χ0n) is 16.2. The van der Waals surface area contributed by atoms with Gasteiger partial charge in [-0.25, -0.2) is 0 Å². The average Bonchev–Trinajstić information content (AvgIpc) is 2.91. The van der Waals surface area contributed by atoms with Crippen molar-refractivity contribution in [3.63, 3.8) is 0 Å². The molecule has 8 atom stereocenters. The minimum absolute atomic E-state index is 0.318. The Labute approximate surface area is 148 Å². The van der Waals surface area contributed by atoms with Gasteiger partial charge in [-0.2, -0.15) is 0 Å². The summed E-state index contributed by atoms with van der Waals surface area (Å²) >= 11 is 0. The molecule has 0 bridgehead atoms. The number of rotatable bonds is 2. The first-order chi connectivity index (χ1) is 11.4. The lowest BCUT2D eigenvalue weighted by Crippen LogP contribution is -2.55. The fourth-order valence-electron chi connectivity index (χ4n) is 8.19. The van der Waals surface area contributed by atoms with Gasteiger partial charge in [0.05, 0.1) is 0 Å². The summed E-state index contributed by atoms with van der Waals surface area (Å²) in [7, 11) is 2.14. The van der Waals surface area contributed by atoms with Gasteiger partial charge in [-0.1, -0.05) is 13.8 Å². The minimum Gasteiger partial charge on any atom is -0.317 e. The SMILES string of the molecule is CN[C@@H]1CC[C@@]2(C)[C@@H](CC[C@@H]3[C@@H]2CC[C@@]2(C)[C@@H](C(C)=O)CC[C@@H]32)C1. The maximum atomic E-state index is 12.2. The summed E-state index contributed by atoms with van der Waals surface area (Å²) in [5.41, 5.74) is 0.893. The van der Waals surface area contributed by atoms with E-state index in [-0.39, 0.29) is 0 Å². The zero-order valence-corrected chi connectivity index (χ0v) is 16.2. The lowest BCUT2D eigenvalue weighted by Gasteiger charge is -2.61. The monoisotopic (exact) mass is 331 g/mol. The Morgan fingerprint density at radius 1 is 0.917 bits per heavy atom. The van der Waals surface area contributed by atoms with E-state index < -0.39 is 0 Å². The Bertz CT molecular complexity index is 516. The molecule has 4 aliphatic rings. The van der Waals surface area contributed by atoms with Crippen LogP contribution in [0.3, 0.4) is 0 Å². The van der Waals surface area contributed by atoms with Crippen molar-refractivity contribution in [2.75, 3.05) is 7.05 Å². The Kier molecular flexibility index (Phi) is 4.14. The molecule has 4 fully saturated rings. The first kappa shape index (κ1) is 17.1. The molecule has 2 heteroatoms. The van der Waals surface area contributed by atoms with E-state index in [4.69, 9.17) is 0 Å². The van der Waals surface area contributed by atoms with E-state index in [1.54, 1.807) is 0 Å². The molecular formula is C22H37NO. The second kappa shape index (κ2) is 5.83. The van der Waals surface area contributed by atoms with Crippen LogP contribution < -0.4 is 5.32 Å². The van der Waals surface area contributed by atoms with Crippen molar-refractivity contribution in [3.05, 3.63) is 0 Å². The Morgan fingerprint density at radius 3 is 2.33 bits per heavy atom. The number of fused-ring (bicyclic) bond motifs is 5. The maximum Gasteiger partial charge on any atom is 0.133 e. The highest BCUT2D eigenvalue weighted by molar-refractivity contribution is 5.79. The molecule has 0 amide bonds. The Balaban J connectivity index is 1.59. The fourth-order valence-corrected chi connectivity index (χ4v) is 8.19. The van der Waals surface area contributed by atoms with Gasteiger partial charge in [0.2, 0.25) is 0 Å². The molecule has 136 valence electrons. The van der Waals surface area contributed by atoms with Gasteiger partial charge in [-0.15, -0.1) is 0 Å². The first-order valence-corrected chi connectivity index (χ1v) is 10.6. The number of hydrogen-bond acceptors (Lipinski definition) is 2. The number of carbonyl (C=O) groups excluding carboxylic acids is 1. The van der Waals surface area contributed by atoms with Gasteiger partial charge in [0.15, 0.2) is 0 Å². The minimum atomic E-state index is 0.318. The van der Waals surface area contributed by atoms with Crippen molar-refractivity contribution in [2.45, 2.75) is 84.6 Å². The summed E-state index contributed by atoms with van der Waals surface area (Å²) < 4.78 is 0. The molecule has 0 heterocycles. The summed E-state index contributed by atoms with van der Waals surface area (Å²) in [5, 5.41) is 3.55. The molecule has 0 unspecified atom stereocenters. The van der Waals surface area contributed by atoms with Crippen LogP contribution in [0.4, 0.5) is 0 Å². The quantitative estimate of drug-likeness (QED) is 0.786. The number of nitrogens with one attached hydrogen (secondary N) is 1. The van der Waals surface area contributed by atoms with Crippen molar-refractivity contribution in [2.24, 2.45) is 40.4 Å². The summed E-state index contributed by atoms with van der Waals surface area (Å²) in [4.78, 5) is 12.2. The molecule has 0 aliphatic heterocycles. The van der Waals surface area contributed by atoms with E-state index in [0.717, 1.165) is 29.7 Å². The van der Waals surface area contributed by atoms with Crippen molar-refractivity contribution in [3.8, 4) is 0 Å². The molecular weight excluding hydrogens is 294 g/mol. The fraction of sp³-hybridized carbons (Fsp3) is 0.955. The van der Waals surface area contributed by atoms with Crippen LogP contribution in [0, 0.1) is 40.4 Å². The second-order valence-electron chi connectivity index (χ2n) is 10.2. The van der Waals surface area contributed by atoms with E-state index in [1.165, 1.54) is 57.8 Å². The van der Waals surface area contributed by atoms with Crippen molar-refractivity contribution < 1.29 is 4.79 Å². The molecule has 4 saturated carbocycles. The molecule has 1 N–H and O–H groups in total. The first-order valence-electron chi connectivity index (χ1n) is 10.6. The van der Waals surface area contributed by atoms with Gasteiger partial charge in [0, 0.05) is 12.0 Å². The van der Waals surface area contributed by atoms with Crippen LogP contribution in [0.2, 0.25) is 0 Å². The van der Waals surface area contributed by atoms with Crippen molar-refractivity contribution in [1.29, 1.82) is 0 Å². The van der Waals surface area contributed by atoms with E-state index in [2.05, 4.69) is 26.2 Å². The maximum absolute atomic E-state index is 12.2. The molecule has 24 heavy (non-hydrogen) atoms. The van der Waals surface area contributed by atoms with E-state index in [0.29, 0.717) is 22.5 Å². The third-order valence-corrected chi connectivity index (χ3v) is 9.56. The van der Waals surface area contributed by atoms with E-state index in [1.807, 2.05) is 6.92 Å². The van der Waals surface area contributed by atoms with Crippen LogP contribution >= 0.6 is 0 Å². The van der Waals surface area contributed by atoms with E-state index in [9.17, 15) is 4.79 Å². The lowest BCUT2D eigenvalue weighted by atomic mass is 9.44. The van der Waals surface area contributed by atoms with Crippen LogP contribution in [0.25, 0.3) is 0 Å². The standard InChI is InChI=1S/C22H37NO/c1-14(24)18-7-8-19-17-6-5-15-13-16(23-4)9-11-21(15,2)20(17)10-12-22(18,19)3/h15-20,23H,5-13H2,1-4H3/t15-,16+,17-,18+,19-,20-,21-,22-/m0/s1. The van der Waals surface area contributed by atoms with Crippen LogP contribution in [0.5, 0.6) is 0 Å². The number of hydrogen-bond donors (Lipinski definition) is 1. The second-order valence-corrected chi connectivity index (χ2v) is 10.2. The van der Waals surface area contributed by atoms with Crippen LogP contribution in [0.1, 0.15) is 78.6 Å². The summed E-state index contributed by atoms with van der Waals surface area (Å²) in [6.07, 6.45) is 12.2. The highest BCUT2D eigenvalue weighted by atomic mass is 16.1. The third kappa shape index (κ3) is 2.27. The van der Waals surface area contributed by atoms with Gasteiger partial charge < -0.3 is 5.32 Å². The molecule has 0 spiro atoms. The number of carbonyl (C=O) groups is 1. The van der Waals surface area contributed by atoms with Crippen LogP contribution in [-0.4, -0.2) is 18.9 Å². The van der Waals surface area contributed by atoms with Gasteiger partial charge in [-0.3, -0.25) is 4.79 Å². The largest absolute Gasteiger partial charge is 0.317 e. The zero-order chi connectivity index (χ0) is 17.1. The smallest absolute Gasteiger partial charge is 0.133 e. The van der Waals surface area contributed by atoms with Crippen LogP contribution in [-0.2, 0) is 4.79 Å². The Hall–Kier alpha value is -0.370. The average molecular weight is 332 g/mol. The lowest BCUT2D eigenvalue weighted by molar-refractivity contribution is -0.134. The highest BCUT2D eigenvalue weighted by Crippen LogP contribution is 2.67. The summed E-state index contributed by atoms with van der Waals surface area (Å²) in [6.45, 7) is 6.96. The van der Waals surface area contributed by atoms with Gasteiger partial charge >= 0.3 is 0 Å². The summed E-state index contributed by atoms with van der Waals surface area (Å²) in [5.74, 6) is 4.41. The predicted molar refractivity (Wildman–Crippen MR) is 98.7 cm³/mol. The topological polar surface area (TPSA) is 29.1 Å². The normalized spacial score (nSPS) is 53.8. The molecule has 0 aromatic heterocycles. The third-order valence-electron chi connectivity index (χ3n) is 9.56. The van der Waals surface area contributed by atoms with Gasteiger partial charge in [0.1, 0.15) is 5.78 Å². The molecule has 0 aromatic rings. The number of ketones is 1. The molecule has 4 aliphatic carbocycles. The molecule has 0 saturated heterocycles. The van der Waals surface area contributed by atoms with E-state index >= 15 is 0 Å². The van der Waals surface area contributed by atoms with Crippen LogP contribution in [0.15, 0.2) is 0 Å². The van der Waals surface area contributed by atoms with Gasteiger partial charge in [-0.05, 0) is 106 Å².